The van der Waals surface area contributed by atoms with Gasteiger partial charge in [-0.3, -0.25) is 4.79 Å². The summed E-state index contributed by atoms with van der Waals surface area (Å²) in [6.45, 7) is 6.25. The standard InChI is InChI=1S/C12H18N2OS2/c1-12(2,3)9-6-10(15)14-11(13-9)8-7-16-4-5-17-8/h6,8H,4-5,7H2,1-3H3,(H,13,14,15). The van der Waals surface area contributed by atoms with Crippen molar-refractivity contribution in [1.82, 2.24) is 9.97 Å². The molecule has 1 unspecified atom stereocenters. The molecule has 1 aromatic heterocycles. The topological polar surface area (TPSA) is 45.8 Å². The Kier molecular flexibility index (Phi) is 3.88. The van der Waals surface area contributed by atoms with E-state index in [0.717, 1.165) is 23.0 Å². The van der Waals surface area contributed by atoms with Crippen LogP contribution in [-0.2, 0) is 5.41 Å². The molecule has 3 nitrogen and oxygen atoms in total. The highest BCUT2D eigenvalue weighted by atomic mass is 32.2. The molecule has 1 saturated heterocycles. The highest BCUT2D eigenvalue weighted by Gasteiger charge is 2.22. The quantitative estimate of drug-likeness (QED) is 0.852. The largest absolute Gasteiger partial charge is 0.310 e. The van der Waals surface area contributed by atoms with Crippen molar-refractivity contribution in [3.05, 3.63) is 27.9 Å². The number of hydrogen-bond donors (Lipinski definition) is 1. The van der Waals surface area contributed by atoms with Crippen molar-refractivity contribution >= 4 is 23.5 Å². The van der Waals surface area contributed by atoms with Crippen molar-refractivity contribution in [2.45, 2.75) is 31.4 Å². The van der Waals surface area contributed by atoms with E-state index in [1.807, 2.05) is 23.5 Å². The molecule has 5 heteroatoms. The van der Waals surface area contributed by atoms with Crippen LogP contribution in [0, 0.1) is 0 Å². The van der Waals surface area contributed by atoms with Crippen LogP contribution < -0.4 is 5.56 Å². The van der Waals surface area contributed by atoms with Gasteiger partial charge >= 0.3 is 0 Å². The van der Waals surface area contributed by atoms with E-state index in [1.165, 1.54) is 5.75 Å². The zero-order chi connectivity index (χ0) is 12.5. The average molecular weight is 270 g/mol. The molecule has 1 aliphatic rings. The molecule has 0 amide bonds. The minimum atomic E-state index is -0.0739. The summed E-state index contributed by atoms with van der Waals surface area (Å²) in [5.41, 5.74) is 0.777. The number of rotatable bonds is 1. The molecule has 0 spiro atoms. The molecule has 17 heavy (non-hydrogen) atoms. The van der Waals surface area contributed by atoms with Crippen LogP contribution in [-0.4, -0.2) is 27.2 Å². The van der Waals surface area contributed by atoms with E-state index in [4.69, 9.17) is 0 Å². The van der Waals surface area contributed by atoms with Gasteiger partial charge in [-0.1, -0.05) is 20.8 Å². The Balaban J connectivity index is 2.34. The average Bonchev–Trinajstić information content (AvgIpc) is 2.28. The van der Waals surface area contributed by atoms with Gasteiger partial charge in [-0.05, 0) is 0 Å². The Hall–Kier alpha value is -0.420. The minimum Gasteiger partial charge on any atom is -0.310 e. The normalized spacial score (nSPS) is 21.5. The fourth-order valence-corrected chi connectivity index (χ4v) is 4.28. The van der Waals surface area contributed by atoms with Gasteiger partial charge in [0.2, 0.25) is 0 Å². The van der Waals surface area contributed by atoms with E-state index in [1.54, 1.807) is 6.07 Å². The summed E-state index contributed by atoms with van der Waals surface area (Å²) >= 11 is 3.83. The first-order valence-corrected chi connectivity index (χ1v) is 7.98. The lowest BCUT2D eigenvalue weighted by atomic mass is 9.92. The molecular formula is C12H18N2OS2. The van der Waals surface area contributed by atoms with Crippen molar-refractivity contribution in [1.29, 1.82) is 0 Å². The SMILES string of the molecule is CC(C)(C)c1cc(=O)[nH]c(C2CSCCS2)n1. The highest BCUT2D eigenvalue weighted by Crippen LogP contribution is 2.35. The number of hydrogen-bond acceptors (Lipinski definition) is 4. The zero-order valence-corrected chi connectivity index (χ0v) is 12.1. The van der Waals surface area contributed by atoms with Gasteiger partial charge in [0.25, 0.3) is 5.56 Å². The predicted molar refractivity (Wildman–Crippen MR) is 76.1 cm³/mol. The lowest BCUT2D eigenvalue weighted by Crippen LogP contribution is -2.23. The number of nitrogens with zero attached hydrogens (tertiary/aromatic N) is 1. The first-order valence-electron chi connectivity index (χ1n) is 5.78. The smallest absolute Gasteiger partial charge is 0.251 e. The van der Waals surface area contributed by atoms with Crippen molar-refractivity contribution in [2.24, 2.45) is 0 Å². The van der Waals surface area contributed by atoms with E-state index in [2.05, 4.69) is 30.7 Å². The van der Waals surface area contributed by atoms with E-state index in [-0.39, 0.29) is 11.0 Å². The van der Waals surface area contributed by atoms with E-state index in [0.29, 0.717) is 5.25 Å². The van der Waals surface area contributed by atoms with E-state index < -0.39 is 0 Å². The Bertz CT molecular complexity index is 445. The van der Waals surface area contributed by atoms with Gasteiger partial charge in [-0.25, -0.2) is 4.98 Å². The lowest BCUT2D eigenvalue weighted by Gasteiger charge is -2.23. The second-order valence-corrected chi connectivity index (χ2v) is 7.66. The molecule has 0 saturated carbocycles. The van der Waals surface area contributed by atoms with Gasteiger partial charge in [0.15, 0.2) is 0 Å². The number of aromatic amines is 1. The summed E-state index contributed by atoms with van der Waals surface area (Å²) in [5.74, 6) is 4.23. The molecule has 0 bridgehead atoms. The maximum Gasteiger partial charge on any atom is 0.251 e. The molecule has 0 radical (unpaired) electrons. The zero-order valence-electron chi connectivity index (χ0n) is 10.4. The molecule has 1 N–H and O–H groups in total. The Labute approximate surface area is 110 Å². The molecular weight excluding hydrogens is 252 g/mol. The number of nitrogens with one attached hydrogen (secondary N) is 1. The fraction of sp³-hybridized carbons (Fsp3) is 0.667. The monoisotopic (exact) mass is 270 g/mol. The molecule has 1 fully saturated rings. The third-order valence-electron chi connectivity index (χ3n) is 2.65. The second kappa shape index (κ2) is 5.06. The maximum absolute atomic E-state index is 11.7. The molecule has 1 aliphatic heterocycles. The molecule has 1 atom stereocenters. The Morgan fingerprint density at radius 2 is 2.18 bits per heavy atom. The van der Waals surface area contributed by atoms with Crippen molar-refractivity contribution in [3.8, 4) is 0 Å². The third-order valence-corrected chi connectivity index (χ3v) is 5.41. The second-order valence-electron chi connectivity index (χ2n) is 5.20. The summed E-state index contributed by atoms with van der Waals surface area (Å²) in [6, 6.07) is 1.62. The van der Waals surface area contributed by atoms with Crippen LogP contribution in [0.25, 0.3) is 0 Å². The van der Waals surface area contributed by atoms with Crippen LogP contribution in [0.4, 0.5) is 0 Å². The lowest BCUT2D eigenvalue weighted by molar-refractivity contribution is 0.560. The molecule has 2 rings (SSSR count). The van der Waals surface area contributed by atoms with Gasteiger partial charge < -0.3 is 4.98 Å². The van der Waals surface area contributed by atoms with E-state index in [9.17, 15) is 4.79 Å². The molecule has 1 aromatic rings. The van der Waals surface area contributed by atoms with Crippen LogP contribution in [0.3, 0.4) is 0 Å². The molecule has 0 aliphatic carbocycles. The summed E-state index contributed by atoms with van der Waals surface area (Å²) in [7, 11) is 0. The van der Waals surface area contributed by atoms with Crippen molar-refractivity contribution < 1.29 is 0 Å². The summed E-state index contributed by atoms with van der Waals surface area (Å²) in [4.78, 5) is 19.2. The Morgan fingerprint density at radius 3 is 2.76 bits per heavy atom. The summed E-state index contributed by atoms with van der Waals surface area (Å²) < 4.78 is 0. The van der Waals surface area contributed by atoms with Crippen LogP contribution in [0.1, 0.15) is 37.5 Å². The predicted octanol–water partition coefficient (Wildman–Crippen LogP) is 2.59. The molecule has 2 heterocycles. The molecule has 94 valence electrons. The van der Waals surface area contributed by atoms with Crippen LogP contribution >= 0.6 is 23.5 Å². The van der Waals surface area contributed by atoms with Gasteiger partial charge in [-0.2, -0.15) is 11.8 Å². The summed E-state index contributed by atoms with van der Waals surface area (Å²) in [6.07, 6.45) is 0. The Morgan fingerprint density at radius 1 is 1.41 bits per heavy atom. The van der Waals surface area contributed by atoms with Gasteiger partial charge in [0, 0.05) is 28.7 Å². The summed E-state index contributed by atoms with van der Waals surface area (Å²) in [5, 5.41) is 0.337. The fourth-order valence-electron chi connectivity index (χ4n) is 1.66. The minimum absolute atomic E-state index is 0.0314. The van der Waals surface area contributed by atoms with Crippen LogP contribution in [0.15, 0.2) is 10.9 Å². The first-order chi connectivity index (χ1) is 7.97. The third kappa shape index (κ3) is 3.28. The first kappa shape index (κ1) is 13.0. The number of H-pyrrole nitrogens is 1. The van der Waals surface area contributed by atoms with E-state index >= 15 is 0 Å². The number of aromatic nitrogens is 2. The van der Waals surface area contributed by atoms with Gasteiger partial charge in [-0.15, -0.1) is 11.8 Å². The van der Waals surface area contributed by atoms with Gasteiger partial charge in [0.1, 0.15) is 5.82 Å². The molecule has 0 aromatic carbocycles. The van der Waals surface area contributed by atoms with Crippen LogP contribution in [0.2, 0.25) is 0 Å². The van der Waals surface area contributed by atoms with Crippen molar-refractivity contribution in [3.63, 3.8) is 0 Å². The number of thioether (sulfide) groups is 2. The van der Waals surface area contributed by atoms with Crippen molar-refractivity contribution in [2.75, 3.05) is 17.3 Å². The van der Waals surface area contributed by atoms with Gasteiger partial charge in [0.05, 0.1) is 10.9 Å². The highest BCUT2D eigenvalue weighted by molar-refractivity contribution is 8.06. The maximum atomic E-state index is 11.7. The van der Waals surface area contributed by atoms with Crippen LogP contribution in [0.5, 0.6) is 0 Å².